The second-order valence-corrected chi connectivity index (χ2v) is 5.39. The Morgan fingerprint density at radius 1 is 1.39 bits per heavy atom. The summed E-state index contributed by atoms with van der Waals surface area (Å²) in [5.74, 6) is 0.882. The van der Waals surface area contributed by atoms with Gasteiger partial charge in [0.25, 0.3) is 0 Å². The second kappa shape index (κ2) is 6.41. The summed E-state index contributed by atoms with van der Waals surface area (Å²) in [4.78, 5) is 0. The van der Waals surface area contributed by atoms with Crippen LogP contribution in [0, 0.1) is 0 Å². The average molecular weight is 329 g/mol. The first-order chi connectivity index (χ1) is 8.72. The Morgan fingerprint density at radius 3 is 2.83 bits per heavy atom. The largest absolute Gasteiger partial charge is 0.467 e. The number of benzene rings is 1. The topological polar surface area (TPSA) is 25.2 Å². The molecule has 0 saturated carbocycles. The van der Waals surface area contributed by atoms with Crippen LogP contribution in [0.15, 0.2) is 45.5 Å². The summed E-state index contributed by atoms with van der Waals surface area (Å²) in [6.07, 6.45) is 2.74. The highest BCUT2D eigenvalue weighted by atomic mass is 79.9. The van der Waals surface area contributed by atoms with Crippen LogP contribution in [-0.2, 0) is 0 Å². The molecule has 0 fully saturated rings. The lowest BCUT2D eigenvalue weighted by Gasteiger charge is -2.18. The van der Waals surface area contributed by atoms with Crippen LogP contribution < -0.4 is 5.32 Å². The normalized spacial score (nSPS) is 12.6. The van der Waals surface area contributed by atoms with Crippen LogP contribution in [-0.4, -0.2) is 6.54 Å². The fourth-order valence-corrected chi connectivity index (χ4v) is 2.63. The van der Waals surface area contributed by atoms with E-state index in [2.05, 4.69) is 28.2 Å². The molecule has 2 aromatic rings. The lowest BCUT2D eigenvalue weighted by atomic mass is 10.0. The van der Waals surface area contributed by atoms with Crippen molar-refractivity contribution in [1.82, 2.24) is 5.32 Å². The highest BCUT2D eigenvalue weighted by Crippen LogP contribution is 2.30. The Bertz CT molecular complexity index is 499. The molecule has 1 aromatic heterocycles. The third kappa shape index (κ3) is 3.16. The van der Waals surface area contributed by atoms with E-state index in [4.69, 9.17) is 16.0 Å². The Kier molecular flexibility index (Phi) is 4.87. The maximum absolute atomic E-state index is 6.31. The second-order valence-electron chi connectivity index (χ2n) is 4.07. The van der Waals surface area contributed by atoms with Gasteiger partial charge < -0.3 is 9.73 Å². The van der Waals surface area contributed by atoms with E-state index in [1.807, 2.05) is 30.3 Å². The molecule has 0 radical (unpaired) electrons. The van der Waals surface area contributed by atoms with Crippen molar-refractivity contribution in [2.75, 3.05) is 6.54 Å². The number of nitrogens with one attached hydrogen (secondary N) is 1. The molecule has 0 bridgehead atoms. The molecule has 1 N–H and O–H groups in total. The van der Waals surface area contributed by atoms with Gasteiger partial charge in [0.1, 0.15) is 5.76 Å². The molecule has 0 aliphatic rings. The first kappa shape index (κ1) is 13.7. The van der Waals surface area contributed by atoms with Crippen molar-refractivity contribution in [2.45, 2.75) is 19.4 Å². The minimum atomic E-state index is 0.000509. The molecule has 0 amide bonds. The summed E-state index contributed by atoms with van der Waals surface area (Å²) in [6.45, 7) is 3.05. The zero-order valence-corrected chi connectivity index (χ0v) is 12.5. The van der Waals surface area contributed by atoms with Crippen molar-refractivity contribution < 1.29 is 4.42 Å². The van der Waals surface area contributed by atoms with E-state index in [-0.39, 0.29) is 6.04 Å². The smallest absolute Gasteiger partial charge is 0.125 e. The highest BCUT2D eigenvalue weighted by molar-refractivity contribution is 9.10. The molecule has 18 heavy (non-hydrogen) atoms. The molecule has 1 heterocycles. The molecule has 2 nitrogen and oxygen atoms in total. The Labute approximate surface area is 120 Å². The van der Waals surface area contributed by atoms with Crippen LogP contribution >= 0.6 is 27.5 Å². The fourth-order valence-electron chi connectivity index (χ4n) is 1.84. The van der Waals surface area contributed by atoms with Gasteiger partial charge in [-0.25, -0.2) is 0 Å². The van der Waals surface area contributed by atoms with Gasteiger partial charge >= 0.3 is 0 Å². The zero-order valence-electron chi connectivity index (χ0n) is 10.1. The van der Waals surface area contributed by atoms with Crippen molar-refractivity contribution >= 4 is 27.5 Å². The van der Waals surface area contributed by atoms with Gasteiger partial charge in [0.2, 0.25) is 0 Å². The third-order valence-corrected chi connectivity index (χ3v) is 3.52. The van der Waals surface area contributed by atoms with E-state index in [9.17, 15) is 0 Å². The number of halogens is 2. The lowest BCUT2D eigenvalue weighted by Crippen LogP contribution is -2.23. The van der Waals surface area contributed by atoms with E-state index in [0.717, 1.165) is 33.8 Å². The quantitative estimate of drug-likeness (QED) is 0.854. The van der Waals surface area contributed by atoms with Gasteiger partial charge in [-0.15, -0.1) is 0 Å². The Hall–Kier alpha value is -0.770. The van der Waals surface area contributed by atoms with E-state index in [1.165, 1.54) is 0 Å². The van der Waals surface area contributed by atoms with Crippen molar-refractivity contribution in [3.05, 3.63) is 57.4 Å². The van der Waals surface area contributed by atoms with Crippen LogP contribution in [0.25, 0.3) is 0 Å². The van der Waals surface area contributed by atoms with Crippen molar-refractivity contribution in [3.8, 4) is 0 Å². The first-order valence-corrected chi connectivity index (χ1v) is 7.11. The molecule has 4 heteroatoms. The maximum atomic E-state index is 6.31. The minimum Gasteiger partial charge on any atom is -0.467 e. The van der Waals surface area contributed by atoms with Crippen molar-refractivity contribution in [3.63, 3.8) is 0 Å². The van der Waals surface area contributed by atoms with Crippen molar-refractivity contribution in [1.29, 1.82) is 0 Å². The van der Waals surface area contributed by atoms with E-state index >= 15 is 0 Å². The molecule has 1 atom stereocenters. The molecule has 0 aliphatic heterocycles. The maximum Gasteiger partial charge on any atom is 0.125 e. The molecule has 1 aromatic carbocycles. The molecule has 0 saturated heterocycles. The molecule has 96 valence electrons. The first-order valence-electron chi connectivity index (χ1n) is 5.94. The summed E-state index contributed by atoms with van der Waals surface area (Å²) in [5, 5.41) is 4.19. The van der Waals surface area contributed by atoms with Gasteiger partial charge in [0.05, 0.1) is 12.3 Å². The molecule has 1 unspecified atom stereocenters. The third-order valence-electron chi connectivity index (χ3n) is 2.70. The predicted octanol–water partition coefficient (Wildman–Crippen LogP) is 4.78. The van der Waals surface area contributed by atoms with Gasteiger partial charge in [-0.1, -0.05) is 40.5 Å². The summed E-state index contributed by atoms with van der Waals surface area (Å²) in [5.41, 5.74) is 1.03. The van der Waals surface area contributed by atoms with E-state index < -0.39 is 0 Å². The monoisotopic (exact) mass is 327 g/mol. The lowest BCUT2D eigenvalue weighted by molar-refractivity contribution is 0.446. The van der Waals surface area contributed by atoms with Gasteiger partial charge in [0, 0.05) is 9.50 Å². The number of hydrogen-bond donors (Lipinski definition) is 1. The van der Waals surface area contributed by atoms with Crippen LogP contribution in [0.3, 0.4) is 0 Å². The fraction of sp³-hybridized carbons (Fsp3) is 0.286. The van der Waals surface area contributed by atoms with Crippen LogP contribution in [0.4, 0.5) is 0 Å². The van der Waals surface area contributed by atoms with Gasteiger partial charge in [-0.3, -0.25) is 0 Å². The molecule has 0 spiro atoms. The number of rotatable bonds is 5. The zero-order chi connectivity index (χ0) is 13.0. The van der Waals surface area contributed by atoms with Gasteiger partial charge in [-0.2, -0.15) is 0 Å². The number of furan rings is 1. The minimum absolute atomic E-state index is 0.000509. The predicted molar refractivity (Wildman–Crippen MR) is 78.0 cm³/mol. The molecule has 2 rings (SSSR count). The summed E-state index contributed by atoms with van der Waals surface area (Å²) < 4.78 is 6.48. The Morgan fingerprint density at radius 2 is 2.22 bits per heavy atom. The van der Waals surface area contributed by atoms with Gasteiger partial charge in [-0.05, 0) is 42.8 Å². The Balaban J connectivity index is 2.33. The summed E-state index contributed by atoms with van der Waals surface area (Å²) in [7, 11) is 0. The van der Waals surface area contributed by atoms with E-state index in [1.54, 1.807) is 6.26 Å². The average Bonchev–Trinajstić information content (AvgIpc) is 2.85. The molecular weight excluding hydrogens is 314 g/mol. The molecule has 0 aliphatic carbocycles. The van der Waals surface area contributed by atoms with Crippen LogP contribution in [0.2, 0.25) is 5.02 Å². The number of hydrogen-bond acceptors (Lipinski definition) is 2. The molecular formula is C14H15BrClNO. The SMILES string of the molecule is CCCNC(c1ccco1)c1ccc(Br)cc1Cl. The van der Waals surface area contributed by atoms with Crippen molar-refractivity contribution in [2.24, 2.45) is 0 Å². The highest BCUT2D eigenvalue weighted by Gasteiger charge is 2.18. The van der Waals surface area contributed by atoms with Crippen LogP contribution in [0.5, 0.6) is 0 Å². The summed E-state index contributed by atoms with van der Waals surface area (Å²) >= 11 is 9.73. The van der Waals surface area contributed by atoms with Crippen LogP contribution in [0.1, 0.15) is 30.7 Å². The van der Waals surface area contributed by atoms with E-state index in [0.29, 0.717) is 0 Å². The van der Waals surface area contributed by atoms with Gasteiger partial charge in [0.15, 0.2) is 0 Å². The summed E-state index contributed by atoms with van der Waals surface area (Å²) in [6, 6.07) is 9.77. The standard InChI is InChI=1S/C14H15BrClNO/c1-2-7-17-14(13-4-3-8-18-13)11-6-5-10(15)9-12(11)16/h3-6,8-9,14,17H,2,7H2,1H3.